The molecule has 0 bridgehead atoms. The molecule has 1 N–H and O–H groups in total. The van der Waals surface area contributed by atoms with Gasteiger partial charge in [0.1, 0.15) is 11.9 Å². The SMILES string of the molecule is C=C(C)[C@@H]1CC[C@]2(C(=O)NCCc3cccc(OC)c3)CC[C@]3(C)[C@H](CC[C@@H]4[C@@]5(C)CC[C@H](OC(C)=O)C(C)(C)[C@@H]5CC[C@]43C)[C@@H]12. The second kappa shape index (κ2) is 11.7. The molecule has 10 atom stereocenters. The van der Waals surface area contributed by atoms with Crippen molar-refractivity contribution < 1.29 is 19.1 Å². The highest BCUT2D eigenvalue weighted by Gasteiger charge is 2.72. The van der Waals surface area contributed by atoms with Crippen molar-refractivity contribution in [1.82, 2.24) is 5.32 Å². The number of hydrogen-bond donors (Lipinski definition) is 1. The molecule has 0 aliphatic heterocycles. The Morgan fingerprint density at radius 2 is 1.65 bits per heavy atom. The quantitative estimate of drug-likeness (QED) is 0.241. The molecule has 5 saturated carbocycles. The molecule has 1 aromatic carbocycles. The van der Waals surface area contributed by atoms with E-state index in [1.165, 1.54) is 36.8 Å². The highest BCUT2D eigenvalue weighted by molar-refractivity contribution is 5.84. The van der Waals surface area contributed by atoms with Crippen molar-refractivity contribution >= 4 is 11.9 Å². The maximum Gasteiger partial charge on any atom is 0.302 e. The number of carbonyl (C=O) groups is 2. The van der Waals surface area contributed by atoms with Gasteiger partial charge in [-0.15, -0.1) is 0 Å². The molecule has 5 fully saturated rings. The van der Waals surface area contributed by atoms with Gasteiger partial charge in [0.15, 0.2) is 0 Å². The highest BCUT2D eigenvalue weighted by Crippen LogP contribution is 2.77. The minimum absolute atomic E-state index is 0.00639. The van der Waals surface area contributed by atoms with Crippen LogP contribution in [0.1, 0.15) is 118 Å². The van der Waals surface area contributed by atoms with E-state index in [0.717, 1.165) is 50.7 Å². The summed E-state index contributed by atoms with van der Waals surface area (Å²) in [4.78, 5) is 26.5. The van der Waals surface area contributed by atoms with Gasteiger partial charge in [-0.2, -0.15) is 0 Å². The minimum Gasteiger partial charge on any atom is -0.497 e. The summed E-state index contributed by atoms with van der Waals surface area (Å²) in [7, 11) is 1.70. The lowest BCUT2D eigenvalue weighted by Gasteiger charge is -2.72. The lowest BCUT2D eigenvalue weighted by Crippen LogP contribution is -2.67. The fourth-order valence-corrected chi connectivity index (χ4v) is 13.2. The van der Waals surface area contributed by atoms with E-state index in [4.69, 9.17) is 9.47 Å². The Morgan fingerprint density at radius 3 is 2.35 bits per heavy atom. The van der Waals surface area contributed by atoms with Gasteiger partial charge in [0.2, 0.25) is 5.91 Å². The number of carbonyl (C=O) groups excluding carboxylic acids is 2. The Balaban J connectivity index is 1.26. The zero-order chi connectivity index (χ0) is 33.3. The predicted octanol–water partition coefficient (Wildman–Crippen LogP) is 8.94. The number of hydrogen-bond acceptors (Lipinski definition) is 4. The van der Waals surface area contributed by atoms with Gasteiger partial charge in [0.25, 0.3) is 0 Å². The Morgan fingerprint density at radius 1 is 0.891 bits per heavy atom. The molecule has 0 unspecified atom stereocenters. The number of rotatable bonds is 7. The largest absolute Gasteiger partial charge is 0.497 e. The van der Waals surface area contributed by atoms with Crippen LogP contribution in [0.5, 0.6) is 5.75 Å². The summed E-state index contributed by atoms with van der Waals surface area (Å²) in [5.41, 5.74) is 2.79. The molecule has 1 amide bonds. The number of nitrogens with one attached hydrogen (secondary N) is 1. The average molecular weight is 632 g/mol. The molecule has 0 saturated heterocycles. The normalized spacial score (nSPS) is 42.4. The van der Waals surface area contributed by atoms with E-state index in [2.05, 4.69) is 65.6 Å². The molecule has 46 heavy (non-hydrogen) atoms. The molecule has 5 aliphatic rings. The van der Waals surface area contributed by atoms with Crippen LogP contribution < -0.4 is 10.1 Å². The third kappa shape index (κ3) is 4.90. The van der Waals surface area contributed by atoms with E-state index in [0.29, 0.717) is 42.0 Å². The number of ether oxygens (including phenoxy) is 2. The molecule has 5 nitrogen and oxygen atoms in total. The Kier molecular flexibility index (Phi) is 8.54. The zero-order valence-electron chi connectivity index (χ0n) is 30.1. The molecular formula is C41H61NO4. The number of esters is 1. The molecular weight excluding hydrogens is 570 g/mol. The van der Waals surface area contributed by atoms with Crippen LogP contribution in [0.2, 0.25) is 0 Å². The van der Waals surface area contributed by atoms with Crippen molar-refractivity contribution in [2.24, 2.45) is 56.7 Å². The van der Waals surface area contributed by atoms with Crippen molar-refractivity contribution in [1.29, 1.82) is 0 Å². The summed E-state index contributed by atoms with van der Waals surface area (Å²) in [6, 6.07) is 8.19. The van der Waals surface area contributed by atoms with Crippen molar-refractivity contribution in [3.05, 3.63) is 42.0 Å². The number of fused-ring (bicyclic) bond motifs is 7. The van der Waals surface area contributed by atoms with Gasteiger partial charge in [-0.25, -0.2) is 0 Å². The average Bonchev–Trinajstić information content (AvgIpc) is 3.40. The third-order valence-corrected chi connectivity index (χ3v) is 15.6. The molecule has 5 aliphatic carbocycles. The lowest BCUT2D eigenvalue weighted by molar-refractivity contribution is -0.248. The molecule has 5 heteroatoms. The second-order valence-electron chi connectivity index (χ2n) is 17.7. The van der Waals surface area contributed by atoms with Gasteiger partial charge in [0.05, 0.1) is 12.5 Å². The standard InChI is InChI=1S/C41H61NO4/c1-26(2)30-15-21-41(36(44)42-24-18-28-11-10-12-29(25-28)45-9)23-22-39(7)31(35(30)41)13-14-33-38(6)19-17-34(46-27(3)43)37(4,5)32(38)16-20-40(33,39)8/h10-12,25,30-35H,1,13-24H2,2-9H3,(H,42,44)/t30-,31+,32-,33+,34-,35+,38-,39+,40+,41-/m0/s1. The smallest absolute Gasteiger partial charge is 0.302 e. The van der Waals surface area contributed by atoms with Crippen LogP contribution in [0.4, 0.5) is 0 Å². The first-order chi connectivity index (χ1) is 21.6. The summed E-state index contributed by atoms with van der Waals surface area (Å²) in [5.74, 6) is 3.51. The summed E-state index contributed by atoms with van der Waals surface area (Å²) in [6.07, 6.45) is 12.0. The van der Waals surface area contributed by atoms with E-state index in [9.17, 15) is 9.59 Å². The predicted molar refractivity (Wildman–Crippen MR) is 184 cm³/mol. The van der Waals surface area contributed by atoms with Gasteiger partial charge in [-0.05, 0) is 141 Å². The monoisotopic (exact) mass is 631 g/mol. The number of methoxy groups -OCH3 is 1. The van der Waals surface area contributed by atoms with E-state index in [-0.39, 0.29) is 39.1 Å². The number of allylic oxidation sites excluding steroid dienone is 1. The number of benzene rings is 1. The molecule has 0 heterocycles. The van der Waals surface area contributed by atoms with Crippen LogP contribution in [0.25, 0.3) is 0 Å². The Labute approximate surface area is 279 Å². The Hall–Kier alpha value is -2.30. The van der Waals surface area contributed by atoms with Crippen molar-refractivity contribution in [3.8, 4) is 5.75 Å². The van der Waals surface area contributed by atoms with Crippen LogP contribution in [-0.4, -0.2) is 31.6 Å². The minimum atomic E-state index is -0.295. The lowest BCUT2D eigenvalue weighted by atomic mass is 9.32. The first-order valence-electron chi connectivity index (χ1n) is 18.4. The first kappa shape index (κ1) is 33.6. The summed E-state index contributed by atoms with van der Waals surface area (Å²) >= 11 is 0. The van der Waals surface area contributed by atoms with E-state index in [1.807, 2.05) is 12.1 Å². The van der Waals surface area contributed by atoms with E-state index < -0.39 is 0 Å². The fraction of sp³-hybridized carbons (Fsp3) is 0.756. The van der Waals surface area contributed by atoms with Crippen molar-refractivity contribution in [3.63, 3.8) is 0 Å². The van der Waals surface area contributed by atoms with Gasteiger partial charge in [-0.1, -0.05) is 58.9 Å². The summed E-state index contributed by atoms with van der Waals surface area (Å²) < 4.78 is 11.4. The number of amides is 1. The maximum atomic E-state index is 14.4. The van der Waals surface area contributed by atoms with E-state index in [1.54, 1.807) is 14.0 Å². The van der Waals surface area contributed by atoms with Gasteiger partial charge in [0, 0.05) is 18.9 Å². The van der Waals surface area contributed by atoms with Gasteiger partial charge < -0.3 is 14.8 Å². The van der Waals surface area contributed by atoms with Crippen LogP contribution in [0.3, 0.4) is 0 Å². The molecule has 0 spiro atoms. The van der Waals surface area contributed by atoms with Crippen molar-refractivity contribution in [2.45, 2.75) is 125 Å². The van der Waals surface area contributed by atoms with Crippen molar-refractivity contribution in [2.75, 3.05) is 13.7 Å². The molecule has 6 rings (SSSR count). The Bertz CT molecular complexity index is 1370. The molecule has 0 aromatic heterocycles. The zero-order valence-corrected chi connectivity index (χ0v) is 30.1. The summed E-state index contributed by atoms with van der Waals surface area (Å²) in [5, 5.41) is 3.46. The van der Waals surface area contributed by atoms with Crippen LogP contribution >= 0.6 is 0 Å². The molecule has 1 aromatic rings. The molecule has 0 radical (unpaired) electrons. The van der Waals surface area contributed by atoms with E-state index >= 15 is 0 Å². The summed E-state index contributed by atoms with van der Waals surface area (Å²) in [6.45, 7) is 21.6. The second-order valence-corrected chi connectivity index (χ2v) is 17.7. The first-order valence-corrected chi connectivity index (χ1v) is 18.4. The van der Waals surface area contributed by atoms with Gasteiger partial charge >= 0.3 is 5.97 Å². The fourth-order valence-electron chi connectivity index (χ4n) is 13.2. The van der Waals surface area contributed by atoms with Crippen LogP contribution in [0.15, 0.2) is 36.4 Å². The highest BCUT2D eigenvalue weighted by atomic mass is 16.5. The molecule has 254 valence electrons. The van der Waals surface area contributed by atoms with Crippen LogP contribution in [0, 0.1) is 56.7 Å². The maximum absolute atomic E-state index is 14.4. The van der Waals surface area contributed by atoms with Gasteiger partial charge in [-0.3, -0.25) is 9.59 Å². The third-order valence-electron chi connectivity index (χ3n) is 15.6. The van der Waals surface area contributed by atoms with Crippen LogP contribution in [-0.2, 0) is 20.7 Å². The topological polar surface area (TPSA) is 64.6 Å².